The summed E-state index contributed by atoms with van der Waals surface area (Å²) in [5.41, 5.74) is 0.562. The maximum Gasteiger partial charge on any atom is 0.253 e. The van der Waals surface area contributed by atoms with E-state index in [0.29, 0.717) is 43.5 Å². The first-order valence-electron chi connectivity index (χ1n) is 8.44. The second-order valence-corrected chi connectivity index (χ2v) is 6.82. The molecule has 1 spiro atoms. The second-order valence-electron chi connectivity index (χ2n) is 6.82. The monoisotopic (exact) mass is 337 g/mol. The van der Waals surface area contributed by atoms with Crippen molar-refractivity contribution >= 4 is 5.91 Å². The van der Waals surface area contributed by atoms with E-state index in [1.165, 1.54) is 6.07 Å². The summed E-state index contributed by atoms with van der Waals surface area (Å²) in [6, 6.07) is 4.55. The maximum atomic E-state index is 13.7. The number of piperidine rings is 1. The van der Waals surface area contributed by atoms with Gasteiger partial charge in [0.15, 0.2) is 0 Å². The number of likely N-dealkylation sites (tertiary alicyclic amines) is 1. The van der Waals surface area contributed by atoms with Crippen molar-refractivity contribution in [2.24, 2.45) is 5.41 Å². The Bertz CT molecular complexity index is 613. The quantitative estimate of drug-likeness (QED) is 0.874. The highest BCUT2D eigenvalue weighted by Crippen LogP contribution is 2.51. The van der Waals surface area contributed by atoms with Crippen LogP contribution in [0.3, 0.4) is 0 Å². The highest BCUT2D eigenvalue weighted by molar-refractivity contribution is 5.94. The van der Waals surface area contributed by atoms with Crippen molar-refractivity contribution in [2.45, 2.75) is 38.4 Å². The summed E-state index contributed by atoms with van der Waals surface area (Å²) < 4.78 is 19.3. The molecular formula is C18H24FNO4. The van der Waals surface area contributed by atoms with E-state index in [1.807, 2.05) is 0 Å². The first-order chi connectivity index (χ1) is 11.5. The van der Waals surface area contributed by atoms with Crippen LogP contribution in [0, 0.1) is 18.2 Å². The molecule has 1 aliphatic carbocycles. The van der Waals surface area contributed by atoms with Crippen molar-refractivity contribution < 1.29 is 24.1 Å². The number of aliphatic hydroxyl groups excluding tert-OH is 2. The van der Waals surface area contributed by atoms with Gasteiger partial charge in [0.2, 0.25) is 0 Å². The fraction of sp³-hybridized carbons (Fsp3) is 0.611. The van der Waals surface area contributed by atoms with Crippen molar-refractivity contribution in [2.75, 3.05) is 26.3 Å². The van der Waals surface area contributed by atoms with Gasteiger partial charge in [-0.05, 0) is 37.5 Å². The summed E-state index contributed by atoms with van der Waals surface area (Å²) in [6.07, 6.45) is 1.41. The predicted octanol–water partition coefficient (Wildman–Crippen LogP) is 1.50. The molecule has 2 N–H and O–H groups in total. The van der Waals surface area contributed by atoms with E-state index in [1.54, 1.807) is 24.0 Å². The van der Waals surface area contributed by atoms with Crippen molar-refractivity contribution in [1.29, 1.82) is 0 Å². The van der Waals surface area contributed by atoms with Crippen LogP contribution in [0.1, 0.15) is 35.2 Å². The molecule has 3 rings (SSSR count). The molecule has 0 aromatic heterocycles. The van der Waals surface area contributed by atoms with Gasteiger partial charge in [0.05, 0.1) is 25.4 Å². The van der Waals surface area contributed by atoms with E-state index in [9.17, 15) is 14.3 Å². The molecule has 5 nitrogen and oxygen atoms in total. The van der Waals surface area contributed by atoms with E-state index in [4.69, 9.17) is 9.84 Å². The average molecular weight is 337 g/mol. The summed E-state index contributed by atoms with van der Waals surface area (Å²) >= 11 is 0. The Labute approximate surface area is 141 Å². The normalized spacial score (nSPS) is 25.6. The fourth-order valence-corrected chi connectivity index (χ4v) is 3.85. The second kappa shape index (κ2) is 6.78. The molecule has 1 amide bonds. The lowest BCUT2D eigenvalue weighted by atomic mass is 9.58. The van der Waals surface area contributed by atoms with Crippen LogP contribution in [0.4, 0.5) is 4.39 Å². The molecule has 1 saturated carbocycles. The summed E-state index contributed by atoms with van der Waals surface area (Å²) in [7, 11) is 0. The molecule has 24 heavy (non-hydrogen) atoms. The Hall–Kier alpha value is -1.50. The van der Waals surface area contributed by atoms with Crippen molar-refractivity contribution in [3.8, 4) is 0 Å². The van der Waals surface area contributed by atoms with E-state index in [-0.39, 0.29) is 36.5 Å². The molecule has 1 aromatic rings. The van der Waals surface area contributed by atoms with Gasteiger partial charge in [0.1, 0.15) is 5.82 Å². The highest BCUT2D eigenvalue weighted by atomic mass is 19.1. The number of nitrogens with zero attached hydrogens (tertiary/aromatic N) is 1. The van der Waals surface area contributed by atoms with E-state index >= 15 is 0 Å². The lowest BCUT2D eigenvalue weighted by Gasteiger charge is -2.56. The molecule has 2 fully saturated rings. The van der Waals surface area contributed by atoms with Crippen molar-refractivity contribution in [3.63, 3.8) is 0 Å². The number of aliphatic hydroxyl groups is 2. The first kappa shape index (κ1) is 17.3. The third-order valence-electron chi connectivity index (χ3n) is 5.55. The van der Waals surface area contributed by atoms with Crippen LogP contribution < -0.4 is 0 Å². The lowest BCUT2D eigenvalue weighted by Crippen LogP contribution is -2.62. The van der Waals surface area contributed by atoms with Crippen LogP contribution in [0.15, 0.2) is 18.2 Å². The minimum atomic E-state index is -0.421. The molecular weight excluding hydrogens is 313 g/mol. The standard InChI is InChI=1S/C18H24FNO4/c1-12-2-3-13(10-14(12)19)17(23)20-6-4-18(5-7-20)15(22)11-16(18)24-9-8-21/h2-3,10,15-16,21-22H,4-9,11H2,1H3/t15-,16+/m1/s1. The SMILES string of the molecule is Cc1ccc(C(=O)N2CCC3(CC2)[C@H](O)C[C@@H]3OCCO)cc1F. The Kier molecular flexibility index (Phi) is 4.90. The number of aryl methyl sites for hydroxylation is 1. The third-order valence-corrected chi connectivity index (χ3v) is 5.55. The Balaban J connectivity index is 1.64. The molecule has 132 valence electrons. The van der Waals surface area contributed by atoms with Gasteiger partial charge in [-0.15, -0.1) is 0 Å². The Morgan fingerprint density at radius 2 is 2.12 bits per heavy atom. The minimum absolute atomic E-state index is 0.0354. The maximum absolute atomic E-state index is 13.7. The molecule has 0 radical (unpaired) electrons. The van der Waals surface area contributed by atoms with Gasteiger partial charge < -0.3 is 19.8 Å². The van der Waals surface area contributed by atoms with Crippen molar-refractivity contribution in [1.82, 2.24) is 4.90 Å². The van der Waals surface area contributed by atoms with Gasteiger partial charge in [-0.25, -0.2) is 4.39 Å². The predicted molar refractivity (Wildman–Crippen MR) is 86.2 cm³/mol. The fourth-order valence-electron chi connectivity index (χ4n) is 3.85. The number of ether oxygens (including phenoxy) is 1. The van der Waals surface area contributed by atoms with E-state index in [2.05, 4.69) is 0 Å². The number of amides is 1. The van der Waals surface area contributed by atoms with Crippen LogP contribution in [0.2, 0.25) is 0 Å². The summed E-state index contributed by atoms with van der Waals surface area (Å²) in [5.74, 6) is -0.549. The Morgan fingerprint density at radius 3 is 2.71 bits per heavy atom. The zero-order valence-corrected chi connectivity index (χ0v) is 13.9. The van der Waals surface area contributed by atoms with Gasteiger partial charge in [-0.3, -0.25) is 4.79 Å². The van der Waals surface area contributed by atoms with Crippen LogP contribution in [-0.4, -0.2) is 59.5 Å². The molecule has 2 atom stereocenters. The zero-order chi connectivity index (χ0) is 17.3. The number of carbonyl (C=O) groups is 1. The number of hydrogen-bond donors (Lipinski definition) is 2. The van der Waals surface area contributed by atoms with Crippen LogP contribution in [0.25, 0.3) is 0 Å². The van der Waals surface area contributed by atoms with Gasteiger partial charge in [0.25, 0.3) is 5.91 Å². The molecule has 1 heterocycles. The molecule has 0 unspecified atom stereocenters. The summed E-state index contributed by atoms with van der Waals surface area (Å²) in [4.78, 5) is 14.3. The van der Waals surface area contributed by atoms with Crippen LogP contribution in [-0.2, 0) is 4.74 Å². The number of carbonyl (C=O) groups excluding carboxylic acids is 1. The zero-order valence-electron chi connectivity index (χ0n) is 13.9. The van der Waals surface area contributed by atoms with Gasteiger partial charge in [-0.2, -0.15) is 0 Å². The highest BCUT2D eigenvalue weighted by Gasteiger charge is 2.56. The van der Waals surface area contributed by atoms with Crippen molar-refractivity contribution in [3.05, 3.63) is 35.1 Å². The van der Waals surface area contributed by atoms with Crippen LogP contribution in [0.5, 0.6) is 0 Å². The smallest absolute Gasteiger partial charge is 0.253 e. The van der Waals surface area contributed by atoms with Crippen LogP contribution >= 0.6 is 0 Å². The molecule has 1 saturated heterocycles. The van der Waals surface area contributed by atoms with E-state index < -0.39 is 6.10 Å². The molecule has 2 aliphatic rings. The molecule has 1 aliphatic heterocycles. The lowest BCUT2D eigenvalue weighted by molar-refractivity contribution is -0.211. The first-order valence-corrected chi connectivity index (χ1v) is 8.44. The number of halogens is 1. The van der Waals surface area contributed by atoms with Gasteiger partial charge in [0, 0.05) is 30.5 Å². The average Bonchev–Trinajstić information content (AvgIpc) is 2.60. The number of benzene rings is 1. The third kappa shape index (κ3) is 2.94. The summed E-state index contributed by atoms with van der Waals surface area (Å²) in [6.45, 7) is 2.93. The van der Waals surface area contributed by atoms with Gasteiger partial charge in [-0.1, -0.05) is 6.07 Å². The minimum Gasteiger partial charge on any atom is -0.394 e. The number of hydrogen-bond acceptors (Lipinski definition) is 4. The molecule has 6 heteroatoms. The Morgan fingerprint density at radius 1 is 1.42 bits per heavy atom. The number of rotatable bonds is 4. The van der Waals surface area contributed by atoms with E-state index in [0.717, 1.165) is 0 Å². The van der Waals surface area contributed by atoms with Gasteiger partial charge >= 0.3 is 0 Å². The largest absolute Gasteiger partial charge is 0.394 e. The summed E-state index contributed by atoms with van der Waals surface area (Å²) in [5, 5.41) is 19.1. The topological polar surface area (TPSA) is 70.0 Å². The molecule has 0 bridgehead atoms. The molecule has 1 aromatic carbocycles.